The van der Waals surface area contributed by atoms with Gasteiger partial charge in [0.25, 0.3) is 0 Å². The van der Waals surface area contributed by atoms with E-state index in [2.05, 4.69) is 24.9 Å². The van der Waals surface area contributed by atoms with Crippen LogP contribution in [0.4, 0.5) is 0 Å². The maximum atomic E-state index is 6.26. The molecule has 0 aromatic carbocycles. The molecule has 0 amide bonds. The Morgan fingerprint density at radius 3 is 2.43 bits per heavy atom. The molecular formula is C16H18Cl2N4S. The second-order valence-electron chi connectivity index (χ2n) is 5.62. The molecule has 3 aromatic rings. The molecule has 7 heteroatoms. The maximum absolute atomic E-state index is 6.26. The molecule has 0 unspecified atom stereocenters. The highest BCUT2D eigenvalue weighted by molar-refractivity contribution is 7.19. The van der Waals surface area contributed by atoms with Gasteiger partial charge in [-0.2, -0.15) is 5.10 Å². The van der Waals surface area contributed by atoms with Gasteiger partial charge in [-0.1, -0.05) is 37.0 Å². The highest BCUT2D eigenvalue weighted by atomic mass is 35.5. The molecule has 0 N–H and O–H groups in total. The second kappa shape index (κ2) is 6.38. The van der Waals surface area contributed by atoms with E-state index in [1.165, 1.54) is 17.0 Å². The minimum absolute atomic E-state index is 0.408. The quantitative estimate of drug-likeness (QED) is 0.594. The summed E-state index contributed by atoms with van der Waals surface area (Å²) in [6.07, 6.45) is 2.13. The first-order valence-electron chi connectivity index (χ1n) is 7.65. The number of aromatic nitrogens is 4. The number of rotatable bonds is 4. The smallest absolute Gasteiger partial charge is 0.185 e. The van der Waals surface area contributed by atoms with Gasteiger partial charge >= 0.3 is 0 Å². The molecule has 122 valence electrons. The molecule has 4 nitrogen and oxygen atoms in total. The molecular weight excluding hydrogens is 351 g/mol. The molecule has 0 saturated carbocycles. The molecule has 3 heterocycles. The van der Waals surface area contributed by atoms with E-state index in [1.54, 1.807) is 0 Å². The van der Waals surface area contributed by atoms with E-state index < -0.39 is 0 Å². The third-order valence-corrected chi connectivity index (χ3v) is 5.67. The number of halogens is 2. The molecule has 0 fully saturated rings. The molecule has 0 aliphatic carbocycles. The first-order chi connectivity index (χ1) is 11.0. The lowest BCUT2D eigenvalue weighted by Gasteiger charge is -2.15. The van der Waals surface area contributed by atoms with Crippen LogP contribution in [0.25, 0.3) is 16.1 Å². The zero-order chi connectivity index (χ0) is 16.7. The van der Waals surface area contributed by atoms with Crippen molar-refractivity contribution in [1.82, 2.24) is 19.6 Å². The van der Waals surface area contributed by atoms with Crippen molar-refractivity contribution in [2.45, 2.75) is 46.5 Å². The molecule has 0 aliphatic heterocycles. The molecule has 23 heavy (non-hydrogen) atoms. The van der Waals surface area contributed by atoms with E-state index in [1.807, 2.05) is 18.4 Å². The molecule has 0 saturated heterocycles. The van der Waals surface area contributed by atoms with Crippen LogP contribution in [0.15, 0.2) is 6.07 Å². The van der Waals surface area contributed by atoms with E-state index >= 15 is 0 Å². The van der Waals surface area contributed by atoms with Crippen molar-refractivity contribution in [1.29, 1.82) is 0 Å². The van der Waals surface area contributed by atoms with Crippen molar-refractivity contribution in [2.75, 3.05) is 0 Å². The average molecular weight is 369 g/mol. The summed E-state index contributed by atoms with van der Waals surface area (Å²) in [6, 6.07) is 2.13. The Kier molecular flexibility index (Phi) is 4.63. The van der Waals surface area contributed by atoms with Crippen LogP contribution >= 0.6 is 34.5 Å². The Hall–Kier alpha value is -1.17. The molecule has 0 spiro atoms. The lowest BCUT2D eigenvalue weighted by molar-refractivity contribution is 0.598. The van der Waals surface area contributed by atoms with E-state index in [9.17, 15) is 0 Å². The van der Waals surface area contributed by atoms with Crippen LogP contribution in [0, 0.1) is 13.8 Å². The van der Waals surface area contributed by atoms with E-state index in [0.717, 1.165) is 40.3 Å². The van der Waals surface area contributed by atoms with Crippen molar-refractivity contribution in [3.63, 3.8) is 0 Å². The Balaban J connectivity index is 2.33. The summed E-state index contributed by atoms with van der Waals surface area (Å²) in [5, 5.41) is 5.14. The lowest BCUT2D eigenvalue weighted by atomic mass is 9.98. The number of nitrogens with zero attached hydrogens (tertiary/aromatic N) is 4. The maximum Gasteiger partial charge on any atom is 0.185 e. The highest BCUT2D eigenvalue weighted by Crippen LogP contribution is 2.40. The largest absolute Gasteiger partial charge is 0.233 e. The summed E-state index contributed by atoms with van der Waals surface area (Å²) >= 11 is 13.6. The van der Waals surface area contributed by atoms with E-state index in [0.29, 0.717) is 15.5 Å². The third kappa shape index (κ3) is 2.86. The fraction of sp³-hybridized carbons (Fsp3) is 0.438. The van der Waals surface area contributed by atoms with Crippen molar-refractivity contribution in [3.05, 3.63) is 32.8 Å². The Morgan fingerprint density at radius 2 is 1.87 bits per heavy atom. The highest BCUT2D eigenvalue weighted by Gasteiger charge is 2.22. The fourth-order valence-electron chi connectivity index (χ4n) is 2.97. The lowest BCUT2D eigenvalue weighted by Crippen LogP contribution is -2.07. The summed E-state index contributed by atoms with van der Waals surface area (Å²) in [6.45, 7) is 8.39. The van der Waals surface area contributed by atoms with Crippen molar-refractivity contribution >= 4 is 40.2 Å². The second-order valence-corrected chi connectivity index (χ2v) is 7.56. The normalized spacial score (nSPS) is 11.8. The summed E-state index contributed by atoms with van der Waals surface area (Å²) < 4.78 is 2.39. The average Bonchev–Trinajstić information content (AvgIpc) is 2.98. The van der Waals surface area contributed by atoms with Crippen LogP contribution in [0.5, 0.6) is 0 Å². The van der Waals surface area contributed by atoms with Crippen LogP contribution in [0.2, 0.25) is 9.62 Å². The van der Waals surface area contributed by atoms with Crippen LogP contribution in [-0.2, 0) is 0 Å². The van der Waals surface area contributed by atoms with Crippen LogP contribution in [-0.4, -0.2) is 19.6 Å². The van der Waals surface area contributed by atoms with Gasteiger partial charge in [-0.25, -0.2) is 14.5 Å². The summed E-state index contributed by atoms with van der Waals surface area (Å²) in [5.74, 6) is 0.451. The van der Waals surface area contributed by atoms with Crippen molar-refractivity contribution < 1.29 is 0 Å². The fourth-order valence-corrected chi connectivity index (χ4v) is 4.45. The first kappa shape index (κ1) is 16.7. The topological polar surface area (TPSA) is 43.1 Å². The molecule has 3 aromatic heterocycles. The van der Waals surface area contributed by atoms with Gasteiger partial charge in [-0.05, 0) is 32.8 Å². The molecule has 0 radical (unpaired) electrons. The molecule has 0 aliphatic rings. The van der Waals surface area contributed by atoms with Crippen molar-refractivity contribution in [2.24, 2.45) is 0 Å². The van der Waals surface area contributed by atoms with Gasteiger partial charge < -0.3 is 0 Å². The van der Waals surface area contributed by atoms with Crippen molar-refractivity contribution in [3.8, 4) is 10.4 Å². The number of fused-ring (bicyclic) bond motifs is 1. The van der Waals surface area contributed by atoms with Gasteiger partial charge in [0.05, 0.1) is 16.1 Å². The Bertz CT molecular complexity index is 865. The minimum atomic E-state index is 0.408. The number of hydrogen-bond donors (Lipinski definition) is 0. The van der Waals surface area contributed by atoms with Gasteiger partial charge in [-0.3, -0.25) is 0 Å². The number of aryl methyl sites for hydroxylation is 2. The van der Waals surface area contributed by atoms with Gasteiger partial charge in [0, 0.05) is 17.3 Å². The first-order valence-corrected chi connectivity index (χ1v) is 9.22. The van der Waals surface area contributed by atoms with E-state index in [4.69, 9.17) is 33.3 Å². The van der Waals surface area contributed by atoms with E-state index in [-0.39, 0.29) is 0 Å². The summed E-state index contributed by atoms with van der Waals surface area (Å²) in [5.41, 5.74) is 4.81. The zero-order valence-corrected chi connectivity index (χ0v) is 15.9. The third-order valence-electron chi connectivity index (χ3n) is 4.11. The molecule has 0 bridgehead atoms. The predicted octanol–water partition coefficient (Wildman–Crippen LogP) is 5.68. The standard InChI is InChI=1S/C16H18Cl2N4S/c1-5-10(6-2)11-7-8(3)19-15-12(9(4)21-22(11)15)13-14(17)20-16(18)23-13/h7,10H,5-6H2,1-4H3. The molecule has 3 rings (SSSR count). The predicted molar refractivity (Wildman–Crippen MR) is 96.9 cm³/mol. The van der Waals surface area contributed by atoms with Crippen LogP contribution < -0.4 is 0 Å². The summed E-state index contributed by atoms with van der Waals surface area (Å²) in [7, 11) is 0. The van der Waals surface area contributed by atoms with Gasteiger partial charge in [0.15, 0.2) is 10.1 Å². The Labute approximate surface area is 149 Å². The molecule has 0 atom stereocenters. The minimum Gasteiger partial charge on any atom is -0.233 e. The summed E-state index contributed by atoms with van der Waals surface area (Å²) in [4.78, 5) is 9.66. The number of thiazole rings is 1. The van der Waals surface area contributed by atoms with Gasteiger partial charge in [-0.15, -0.1) is 11.3 Å². The van der Waals surface area contributed by atoms with Crippen LogP contribution in [0.1, 0.15) is 49.7 Å². The van der Waals surface area contributed by atoms with Crippen LogP contribution in [0.3, 0.4) is 0 Å². The van der Waals surface area contributed by atoms with Gasteiger partial charge in [0.2, 0.25) is 0 Å². The SMILES string of the molecule is CCC(CC)c1cc(C)nc2c(-c3sc(Cl)nc3Cl)c(C)nn12. The Morgan fingerprint density at radius 1 is 1.17 bits per heavy atom. The number of hydrogen-bond acceptors (Lipinski definition) is 4. The zero-order valence-electron chi connectivity index (χ0n) is 13.5. The van der Waals surface area contributed by atoms with Gasteiger partial charge in [0.1, 0.15) is 5.15 Å². The monoisotopic (exact) mass is 368 g/mol.